The quantitative estimate of drug-likeness (QED) is 0.813. The highest BCUT2D eigenvalue weighted by Crippen LogP contribution is 2.38. The maximum absolute atomic E-state index is 12.6. The summed E-state index contributed by atoms with van der Waals surface area (Å²) < 4.78 is 11.1. The Morgan fingerprint density at radius 2 is 2.04 bits per heavy atom. The third-order valence-electron chi connectivity index (χ3n) is 3.83. The molecule has 0 aliphatic carbocycles. The van der Waals surface area contributed by atoms with E-state index in [0.717, 1.165) is 5.56 Å². The van der Waals surface area contributed by atoms with Crippen molar-refractivity contribution in [2.24, 2.45) is 5.92 Å². The first kappa shape index (κ1) is 18.0. The van der Waals surface area contributed by atoms with Crippen molar-refractivity contribution in [3.63, 3.8) is 0 Å². The summed E-state index contributed by atoms with van der Waals surface area (Å²) in [5.74, 6) is 0.103. The van der Waals surface area contributed by atoms with Gasteiger partial charge in [0.2, 0.25) is 5.91 Å². The van der Waals surface area contributed by atoms with Crippen LogP contribution in [0.2, 0.25) is 0 Å². The Bertz CT molecular complexity index is 649. The second-order valence-corrected chi connectivity index (χ2v) is 6.31. The van der Waals surface area contributed by atoms with Gasteiger partial charge in [0.1, 0.15) is 5.75 Å². The van der Waals surface area contributed by atoms with Gasteiger partial charge in [0.15, 0.2) is 0 Å². The average Bonchev–Trinajstić information content (AvgIpc) is 2.52. The molecule has 5 nitrogen and oxygen atoms in total. The third kappa shape index (κ3) is 4.16. The standard InChI is InChI=1S/C19H25NO4/c1-5-23-16-9-7-6-8-14(16)15-10-17(21)20-13(4)18(15)19(22)24-11-12(2)3/h6-9,12,15H,5,10-11H2,1-4H3,(H,20,21)/t15-/m0/s1. The molecule has 0 spiro atoms. The molecule has 1 aromatic rings. The van der Waals surface area contributed by atoms with Gasteiger partial charge in [-0.2, -0.15) is 0 Å². The molecular formula is C19H25NO4. The normalized spacial score (nSPS) is 17.7. The van der Waals surface area contributed by atoms with E-state index in [-0.39, 0.29) is 30.1 Å². The summed E-state index contributed by atoms with van der Waals surface area (Å²) in [7, 11) is 0. The lowest BCUT2D eigenvalue weighted by molar-refractivity contribution is -0.140. The number of para-hydroxylation sites is 1. The lowest BCUT2D eigenvalue weighted by Gasteiger charge is -2.28. The van der Waals surface area contributed by atoms with E-state index in [1.165, 1.54) is 0 Å². The van der Waals surface area contributed by atoms with Crippen molar-refractivity contribution in [1.29, 1.82) is 0 Å². The molecule has 0 fully saturated rings. The lowest BCUT2D eigenvalue weighted by atomic mass is 9.84. The number of hydrogen-bond acceptors (Lipinski definition) is 4. The number of hydrogen-bond donors (Lipinski definition) is 1. The van der Waals surface area contributed by atoms with Crippen molar-refractivity contribution in [3.05, 3.63) is 41.1 Å². The van der Waals surface area contributed by atoms with E-state index in [2.05, 4.69) is 5.32 Å². The molecule has 1 heterocycles. The SMILES string of the molecule is CCOc1ccccc1[C@@H]1CC(=O)NC(C)=C1C(=O)OCC(C)C. The van der Waals surface area contributed by atoms with Crippen molar-refractivity contribution < 1.29 is 19.1 Å². The van der Waals surface area contributed by atoms with E-state index in [0.29, 0.717) is 30.2 Å². The second-order valence-electron chi connectivity index (χ2n) is 6.31. The molecule has 1 aliphatic rings. The first-order chi connectivity index (χ1) is 11.4. The number of benzene rings is 1. The largest absolute Gasteiger partial charge is 0.494 e. The highest BCUT2D eigenvalue weighted by molar-refractivity contribution is 5.96. The first-order valence-corrected chi connectivity index (χ1v) is 8.33. The van der Waals surface area contributed by atoms with Gasteiger partial charge in [0.25, 0.3) is 0 Å². The molecule has 0 unspecified atom stereocenters. The Hall–Kier alpha value is -2.30. The molecule has 5 heteroatoms. The van der Waals surface area contributed by atoms with E-state index in [9.17, 15) is 9.59 Å². The van der Waals surface area contributed by atoms with Gasteiger partial charge in [-0.15, -0.1) is 0 Å². The minimum Gasteiger partial charge on any atom is -0.494 e. The zero-order valence-corrected chi connectivity index (χ0v) is 14.7. The monoisotopic (exact) mass is 331 g/mol. The van der Waals surface area contributed by atoms with E-state index in [1.54, 1.807) is 6.92 Å². The van der Waals surface area contributed by atoms with Crippen LogP contribution in [0.4, 0.5) is 0 Å². The highest BCUT2D eigenvalue weighted by atomic mass is 16.5. The van der Waals surface area contributed by atoms with Crippen LogP contribution in [0.3, 0.4) is 0 Å². The molecule has 1 aromatic carbocycles. The summed E-state index contributed by atoms with van der Waals surface area (Å²) in [6.07, 6.45) is 0.202. The zero-order valence-electron chi connectivity index (χ0n) is 14.7. The van der Waals surface area contributed by atoms with Crippen molar-refractivity contribution >= 4 is 11.9 Å². The highest BCUT2D eigenvalue weighted by Gasteiger charge is 2.34. The minimum atomic E-state index is -0.377. The number of ether oxygens (including phenoxy) is 2. The number of esters is 1. The number of nitrogens with one attached hydrogen (secondary N) is 1. The fourth-order valence-corrected chi connectivity index (χ4v) is 2.81. The molecule has 1 aliphatic heterocycles. The fourth-order valence-electron chi connectivity index (χ4n) is 2.81. The zero-order chi connectivity index (χ0) is 17.7. The van der Waals surface area contributed by atoms with Crippen molar-refractivity contribution in [2.45, 2.75) is 40.0 Å². The molecule has 130 valence electrons. The van der Waals surface area contributed by atoms with Crippen LogP contribution in [0.5, 0.6) is 5.75 Å². The van der Waals surface area contributed by atoms with E-state index < -0.39 is 0 Å². The summed E-state index contributed by atoms with van der Waals surface area (Å²) >= 11 is 0. The molecule has 0 bridgehead atoms. The van der Waals surface area contributed by atoms with Gasteiger partial charge in [-0.1, -0.05) is 32.0 Å². The molecule has 1 atom stereocenters. The van der Waals surface area contributed by atoms with Crippen LogP contribution < -0.4 is 10.1 Å². The topological polar surface area (TPSA) is 64.6 Å². The minimum absolute atomic E-state index is 0.107. The van der Waals surface area contributed by atoms with E-state index in [4.69, 9.17) is 9.47 Å². The predicted molar refractivity (Wildman–Crippen MR) is 91.6 cm³/mol. The van der Waals surface area contributed by atoms with Crippen molar-refractivity contribution in [3.8, 4) is 5.75 Å². The number of carbonyl (C=O) groups excluding carboxylic acids is 2. The van der Waals surface area contributed by atoms with Gasteiger partial charge in [-0.25, -0.2) is 4.79 Å². The maximum Gasteiger partial charge on any atom is 0.336 e. The Balaban J connectivity index is 2.40. The molecule has 1 amide bonds. The number of allylic oxidation sites excluding steroid dienone is 1. The average molecular weight is 331 g/mol. The van der Waals surface area contributed by atoms with Gasteiger partial charge < -0.3 is 14.8 Å². The number of amides is 1. The lowest BCUT2D eigenvalue weighted by Crippen LogP contribution is -2.34. The Morgan fingerprint density at radius 3 is 2.71 bits per heavy atom. The fraction of sp³-hybridized carbons (Fsp3) is 0.474. The maximum atomic E-state index is 12.6. The van der Waals surface area contributed by atoms with Crippen molar-refractivity contribution in [2.75, 3.05) is 13.2 Å². The van der Waals surface area contributed by atoms with Gasteiger partial charge in [0, 0.05) is 23.6 Å². The summed E-state index contributed by atoms with van der Waals surface area (Å²) in [4.78, 5) is 24.6. The number of rotatable bonds is 6. The molecule has 0 aromatic heterocycles. The molecule has 2 rings (SSSR count). The first-order valence-electron chi connectivity index (χ1n) is 8.33. The van der Waals surface area contributed by atoms with Gasteiger partial charge in [0.05, 0.1) is 18.8 Å². The molecule has 0 saturated carbocycles. The van der Waals surface area contributed by atoms with Crippen LogP contribution in [0, 0.1) is 5.92 Å². The third-order valence-corrected chi connectivity index (χ3v) is 3.83. The van der Waals surface area contributed by atoms with E-state index >= 15 is 0 Å². The van der Waals surface area contributed by atoms with Crippen LogP contribution in [-0.2, 0) is 14.3 Å². The Kier molecular flexibility index (Phi) is 6.01. The molecule has 0 saturated heterocycles. The Labute approximate surface area is 143 Å². The van der Waals surface area contributed by atoms with Gasteiger partial charge in [-0.3, -0.25) is 4.79 Å². The molecule has 0 radical (unpaired) electrons. The van der Waals surface area contributed by atoms with Gasteiger partial charge >= 0.3 is 5.97 Å². The summed E-state index contributed by atoms with van der Waals surface area (Å²) in [5, 5.41) is 2.75. The summed E-state index contributed by atoms with van der Waals surface area (Å²) in [6, 6.07) is 7.52. The number of carbonyl (C=O) groups is 2. The summed E-state index contributed by atoms with van der Waals surface area (Å²) in [6.45, 7) is 8.48. The second kappa shape index (κ2) is 7.99. The molecular weight excluding hydrogens is 306 g/mol. The van der Waals surface area contributed by atoms with E-state index in [1.807, 2.05) is 45.0 Å². The summed E-state index contributed by atoms with van der Waals surface area (Å²) in [5.41, 5.74) is 1.89. The van der Waals surface area contributed by atoms with Crippen molar-refractivity contribution in [1.82, 2.24) is 5.32 Å². The Morgan fingerprint density at radius 1 is 1.33 bits per heavy atom. The van der Waals surface area contributed by atoms with Gasteiger partial charge in [-0.05, 0) is 25.8 Å². The van der Waals surface area contributed by atoms with Crippen LogP contribution in [-0.4, -0.2) is 25.1 Å². The van der Waals surface area contributed by atoms with Crippen LogP contribution in [0.15, 0.2) is 35.5 Å². The predicted octanol–water partition coefficient (Wildman–Crippen LogP) is 3.16. The molecule has 24 heavy (non-hydrogen) atoms. The van der Waals surface area contributed by atoms with Crippen LogP contribution >= 0.6 is 0 Å². The van der Waals surface area contributed by atoms with Crippen LogP contribution in [0.1, 0.15) is 45.6 Å². The smallest absolute Gasteiger partial charge is 0.336 e. The molecule has 1 N–H and O–H groups in total. The van der Waals surface area contributed by atoms with Crippen LogP contribution in [0.25, 0.3) is 0 Å².